The first kappa shape index (κ1) is 17.7. The molecule has 2 rings (SSSR count). The molecule has 1 aromatic carbocycles. The number of halogens is 1. The van der Waals surface area contributed by atoms with Crippen molar-refractivity contribution in [1.82, 2.24) is 5.16 Å². The molecule has 0 fully saturated rings. The summed E-state index contributed by atoms with van der Waals surface area (Å²) in [5.41, 5.74) is 1.06. The highest BCUT2D eigenvalue weighted by molar-refractivity contribution is 5.98. The van der Waals surface area contributed by atoms with Crippen LogP contribution in [0.4, 0.5) is 10.1 Å². The normalized spacial score (nSPS) is 12.1. The maximum absolute atomic E-state index is 12.9. The summed E-state index contributed by atoms with van der Waals surface area (Å²) in [4.78, 5) is 24.4. The molecule has 2 aromatic rings. The Morgan fingerprint density at radius 3 is 2.42 bits per heavy atom. The van der Waals surface area contributed by atoms with Gasteiger partial charge >= 0.3 is 5.97 Å². The molecule has 0 saturated heterocycles. The quantitative estimate of drug-likeness (QED) is 0.847. The zero-order valence-corrected chi connectivity index (χ0v) is 13.9. The van der Waals surface area contributed by atoms with Gasteiger partial charge in [0.05, 0.1) is 5.69 Å². The summed E-state index contributed by atoms with van der Waals surface area (Å²) in [5, 5.41) is 6.32. The van der Waals surface area contributed by atoms with E-state index in [0.717, 1.165) is 0 Å². The van der Waals surface area contributed by atoms with Gasteiger partial charge in [0.1, 0.15) is 11.4 Å². The fourth-order valence-electron chi connectivity index (χ4n) is 2.08. The van der Waals surface area contributed by atoms with Crippen molar-refractivity contribution in [2.24, 2.45) is 0 Å². The maximum Gasteiger partial charge on any atom is 0.344 e. The standard InChI is InChI=1S/C17H19FN2O4/c1-9(2)15-14(10(3)20-24-15)17(22)23-11(4)16(21)19-13-7-5-12(18)6-8-13/h5-9,11H,1-4H3,(H,19,21)/t11-/m0/s1. The predicted octanol–water partition coefficient (Wildman–Crippen LogP) is 3.43. The Labute approximate surface area is 139 Å². The number of aromatic nitrogens is 1. The van der Waals surface area contributed by atoms with E-state index in [1.54, 1.807) is 6.92 Å². The summed E-state index contributed by atoms with van der Waals surface area (Å²) in [6.45, 7) is 6.81. The second kappa shape index (κ2) is 7.25. The van der Waals surface area contributed by atoms with E-state index in [1.807, 2.05) is 13.8 Å². The number of hydrogen-bond acceptors (Lipinski definition) is 5. The molecular weight excluding hydrogens is 315 g/mol. The van der Waals surface area contributed by atoms with E-state index in [4.69, 9.17) is 9.26 Å². The Bertz CT molecular complexity index is 738. The second-order valence-electron chi connectivity index (χ2n) is 5.71. The first-order valence-corrected chi connectivity index (χ1v) is 7.53. The molecule has 24 heavy (non-hydrogen) atoms. The fourth-order valence-corrected chi connectivity index (χ4v) is 2.08. The van der Waals surface area contributed by atoms with Crippen molar-refractivity contribution in [3.05, 3.63) is 47.1 Å². The molecule has 0 unspecified atom stereocenters. The predicted molar refractivity (Wildman–Crippen MR) is 85.2 cm³/mol. The lowest BCUT2D eigenvalue weighted by Crippen LogP contribution is -2.30. The lowest BCUT2D eigenvalue weighted by Gasteiger charge is -2.14. The molecule has 1 amide bonds. The number of carbonyl (C=O) groups is 2. The van der Waals surface area contributed by atoms with E-state index in [1.165, 1.54) is 31.2 Å². The van der Waals surface area contributed by atoms with Gasteiger partial charge < -0.3 is 14.6 Å². The first-order chi connectivity index (χ1) is 11.3. The van der Waals surface area contributed by atoms with Gasteiger partial charge in [-0.05, 0) is 38.1 Å². The number of aryl methyl sites for hydroxylation is 1. The van der Waals surface area contributed by atoms with Gasteiger partial charge in [0.25, 0.3) is 5.91 Å². The van der Waals surface area contributed by atoms with E-state index < -0.39 is 23.8 Å². The van der Waals surface area contributed by atoms with Crippen molar-refractivity contribution in [3.63, 3.8) is 0 Å². The van der Waals surface area contributed by atoms with E-state index in [0.29, 0.717) is 17.1 Å². The number of ether oxygens (including phenoxy) is 1. The van der Waals surface area contributed by atoms with Crippen LogP contribution < -0.4 is 5.32 Å². The third-order valence-electron chi connectivity index (χ3n) is 3.38. The topological polar surface area (TPSA) is 81.4 Å². The van der Waals surface area contributed by atoms with Gasteiger partial charge in [0.2, 0.25) is 0 Å². The molecule has 1 aromatic heterocycles. The molecule has 1 heterocycles. The van der Waals surface area contributed by atoms with Gasteiger partial charge in [-0.2, -0.15) is 0 Å². The van der Waals surface area contributed by atoms with Crippen LogP contribution >= 0.6 is 0 Å². The van der Waals surface area contributed by atoms with E-state index in [2.05, 4.69) is 10.5 Å². The highest BCUT2D eigenvalue weighted by Gasteiger charge is 2.27. The third-order valence-corrected chi connectivity index (χ3v) is 3.38. The van der Waals surface area contributed by atoms with Gasteiger partial charge in [0.15, 0.2) is 11.9 Å². The lowest BCUT2D eigenvalue weighted by atomic mass is 10.1. The van der Waals surface area contributed by atoms with Crippen LogP contribution in [0, 0.1) is 12.7 Å². The van der Waals surface area contributed by atoms with Gasteiger partial charge in [-0.3, -0.25) is 4.79 Å². The highest BCUT2D eigenvalue weighted by atomic mass is 19.1. The number of carbonyl (C=O) groups excluding carboxylic acids is 2. The number of anilines is 1. The molecular formula is C17H19FN2O4. The Morgan fingerprint density at radius 1 is 1.21 bits per heavy atom. The van der Waals surface area contributed by atoms with Crippen molar-refractivity contribution in [2.75, 3.05) is 5.32 Å². The Balaban J connectivity index is 2.04. The van der Waals surface area contributed by atoms with Crippen LogP contribution in [-0.4, -0.2) is 23.1 Å². The highest BCUT2D eigenvalue weighted by Crippen LogP contribution is 2.23. The molecule has 0 saturated carbocycles. The molecule has 0 radical (unpaired) electrons. The summed E-state index contributed by atoms with van der Waals surface area (Å²) >= 11 is 0. The fraction of sp³-hybridized carbons (Fsp3) is 0.353. The van der Waals surface area contributed by atoms with Gasteiger partial charge in [0, 0.05) is 11.6 Å². The molecule has 128 valence electrons. The summed E-state index contributed by atoms with van der Waals surface area (Å²) in [6, 6.07) is 5.29. The van der Waals surface area contributed by atoms with Crippen LogP contribution in [0.25, 0.3) is 0 Å². The van der Waals surface area contributed by atoms with Gasteiger partial charge in [-0.1, -0.05) is 19.0 Å². The molecule has 0 bridgehead atoms. The molecule has 7 heteroatoms. The summed E-state index contributed by atoms with van der Waals surface area (Å²) < 4.78 is 23.2. The van der Waals surface area contributed by atoms with Crippen LogP contribution in [0.3, 0.4) is 0 Å². The monoisotopic (exact) mass is 334 g/mol. The summed E-state index contributed by atoms with van der Waals surface area (Å²) in [6.07, 6.45) is -1.03. The molecule has 0 aliphatic rings. The number of esters is 1. The van der Waals surface area contributed by atoms with Crippen molar-refractivity contribution in [3.8, 4) is 0 Å². The zero-order valence-electron chi connectivity index (χ0n) is 13.9. The lowest BCUT2D eigenvalue weighted by molar-refractivity contribution is -0.123. The number of rotatable bonds is 5. The average Bonchev–Trinajstić information content (AvgIpc) is 2.91. The average molecular weight is 334 g/mol. The van der Waals surface area contributed by atoms with Crippen LogP contribution in [0.15, 0.2) is 28.8 Å². The van der Waals surface area contributed by atoms with Crippen molar-refractivity contribution >= 4 is 17.6 Å². The molecule has 0 aliphatic carbocycles. The van der Waals surface area contributed by atoms with E-state index in [9.17, 15) is 14.0 Å². The number of nitrogens with one attached hydrogen (secondary N) is 1. The Kier molecular flexibility index (Phi) is 5.33. The van der Waals surface area contributed by atoms with E-state index in [-0.39, 0.29) is 11.5 Å². The zero-order chi connectivity index (χ0) is 17.9. The van der Waals surface area contributed by atoms with Crippen LogP contribution in [0.2, 0.25) is 0 Å². The Morgan fingerprint density at radius 2 is 1.83 bits per heavy atom. The minimum Gasteiger partial charge on any atom is -0.449 e. The number of benzene rings is 1. The van der Waals surface area contributed by atoms with Crippen molar-refractivity contribution < 1.29 is 23.2 Å². The van der Waals surface area contributed by atoms with Gasteiger partial charge in [-0.25, -0.2) is 9.18 Å². The van der Waals surface area contributed by atoms with Crippen LogP contribution in [0.5, 0.6) is 0 Å². The number of nitrogens with zero attached hydrogens (tertiary/aromatic N) is 1. The summed E-state index contributed by atoms with van der Waals surface area (Å²) in [7, 11) is 0. The number of hydrogen-bond donors (Lipinski definition) is 1. The minimum absolute atomic E-state index is 0.0444. The van der Waals surface area contributed by atoms with Crippen molar-refractivity contribution in [1.29, 1.82) is 0 Å². The molecule has 0 aliphatic heterocycles. The smallest absolute Gasteiger partial charge is 0.344 e. The molecule has 0 spiro atoms. The largest absolute Gasteiger partial charge is 0.449 e. The first-order valence-electron chi connectivity index (χ1n) is 7.53. The van der Waals surface area contributed by atoms with Gasteiger partial charge in [-0.15, -0.1) is 0 Å². The van der Waals surface area contributed by atoms with Crippen molar-refractivity contribution in [2.45, 2.75) is 39.7 Å². The molecule has 1 atom stereocenters. The summed E-state index contributed by atoms with van der Waals surface area (Å²) in [5.74, 6) is -1.22. The Hall–Kier alpha value is -2.70. The SMILES string of the molecule is Cc1noc(C(C)C)c1C(=O)O[C@@H](C)C(=O)Nc1ccc(F)cc1. The van der Waals surface area contributed by atoms with Crippen LogP contribution in [0.1, 0.15) is 48.5 Å². The van der Waals surface area contributed by atoms with E-state index >= 15 is 0 Å². The number of amides is 1. The molecule has 1 N–H and O–H groups in total. The van der Waals surface area contributed by atoms with Crippen LogP contribution in [-0.2, 0) is 9.53 Å². The third kappa shape index (κ3) is 3.98. The maximum atomic E-state index is 12.9. The molecule has 6 nitrogen and oxygen atoms in total. The minimum atomic E-state index is -1.03. The second-order valence-corrected chi connectivity index (χ2v) is 5.71.